The third kappa shape index (κ3) is 4.37. The van der Waals surface area contributed by atoms with E-state index in [1.165, 1.54) is 6.07 Å². The van der Waals surface area contributed by atoms with Gasteiger partial charge in [-0.15, -0.1) is 0 Å². The van der Waals surface area contributed by atoms with Crippen LogP contribution in [0.1, 0.15) is 37.3 Å². The average molecular weight is 414 g/mol. The molecule has 1 saturated heterocycles. The van der Waals surface area contributed by atoms with Crippen LogP contribution in [-0.2, 0) is 20.5 Å². The summed E-state index contributed by atoms with van der Waals surface area (Å²) in [5.41, 5.74) is -0.349. The van der Waals surface area contributed by atoms with Gasteiger partial charge in [0, 0.05) is 19.0 Å². The van der Waals surface area contributed by atoms with E-state index in [4.69, 9.17) is 9.90 Å². The Balaban J connectivity index is 0.000000589. The lowest BCUT2D eigenvalue weighted by molar-refractivity contribution is -0.134. The zero-order chi connectivity index (χ0) is 21.8. The summed E-state index contributed by atoms with van der Waals surface area (Å²) in [5.74, 6) is -1.38. The molecule has 0 unspecified atom stereocenters. The summed E-state index contributed by atoms with van der Waals surface area (Å²) >= 11 is 0. The summed E-state index contributed by atoms with van der Waals surface area (Å²) in [6.07, 6.45) is 1.08. The second kappa shape index (κ2) is 8.93. The minimum Gasteiger partial charge on any atom is -0.481 e. The van der Waals surface area contributed by atoms with Crippen molar-refractivity contribution in [3.63, 3.8) is 0 Å². The van der Waals surface area contributed by atoms with E-state index in [2.05, 4.69) is 10.6 Å². The second-order valence-electron chi connectivity index (χ2n) is 7.84. The quantitative estimate of drug-likeness (QED) is 0.616. The molecule has 0 radical (unpaired) electrons. The summed E-state index contributed by atoms with van der Waals surface area (Å²) in [6.45, 7) is 2.18. The van der Waals surface area contributed by atoms with E-state index in [0.29, 0.717) is 37.9 Å². The van der Waals surface area contributed by atoms with Crippen molar-refractivity contribution in [1.82, 2.24) is 10.6 Å². The van der Waals surface area contributed by atoms with Crippen LogP contribution in [0.4, 0.5) is 4.39 Å². The van der Waals surface area contributed by atoms with E-state index in [1.807, 2.05) is 30.3 Å². The molecule has 0 bridgehead atoms. The van der Waals surface area contributed by atoms with E-state index in [0.717, 1.165) is 12.5 Å². The zero-order valence-corrected chi connectivity index (χ0v) is 16.9. The van der Waals surface area contributed by atoms with Crippen LogP contribution in [0.15, 0.2) is 54.6 Å². The molecule has 7 heteroatoms. The minimum atomic E-state index is -0.857. The molecule has 2 atom stereocenters. The monoisotopic (exact) mass is 414 g/mol. The Hall–Kier alpha value is -2.77. The Bertz CT molecular complexity index is 897. The molecule has 0 spiro atoms. The van der Waals surface area contributed by atoms with Crippen LogP contribution in [0.3, 0.4) is 0 Å². The Morgan fingerprint density at radius 3 is 2.23 bits per heavy atom. The zero-order valence-electron chi connectivity index (χ0n) is 16.9. The van der Waals surface area contributed by atoms with Gasteiger partial charge in [-0.25, -0.2) is 4.39 Å². The standard InChI is InChI=1S/C21H23FN2O2.C2H4O2/c22-17-9-5-4-8-16(17)20(10-11-20)19(26)24-21(12-13-23-14-18(21)25)15-6-2-1-3-7-15;1-2(3)4/h1-9,18,23,25H,10-14H2,(H,24,26);1H3,(H,3,4)/t18-,21+;/m1./s1. The number of carboxylic acid groups (broad SMARTS) is 1. The van der Waals surface area contributed by atoms with Crippen LogP contribution < -0.4 is 10.6 Å². The van der Waals surface area contributed by atoms with Gasteiger partial charge in [-0.3, -0.25) is 9.59 Å². The average Bonchev–Trinajstić information content (AvgIpc) is 3.52. The molecule has 2 aromatic rings. The number of rotatable bonds is 4. The Labute approximate surface area is 175 Å². The molecule has 0 aromatic heterocycles. The SMILES string of the molecule is CC(=O)O.O=C(N[C@]1(c2ccccc2)CCNC[C@H]1O)C1(c2ccccc2F)CC1. The smallest absolute Gasteiger partial charge is 0.300 e. The molecular weight excluding hydrogens is 387 g/mol. The largest absolute Gasteiger partial charge is 0.481 e. The first-order chi connectivity index (χ1) is 14.3. The summed E-state index contributed by atoms with van der Waals surface area (Å²) in [4.78, 5) is 22.3. The summed E-state index contributed by atoms with van der Waals surface area (Å²) in [7, 11) is 0. The molecule has 160 valence electrons. The molecule has 1 saturated carbocycles. The number of hydrogen-bond acceptors (Lipinski definition) is 4. The fourth-order valence-electron chi connectivity index (χ4n) is 4.07. The van der Waals surface area contributed by atoms with Crippen molar-refractivity contribution >= 4 is 11.9 Å². The maximum atomic E-state index is 14.3. The van der Waals surface area contributed by atoms with Gasteiger partial charge in [0.05, 0.1) is 17.1 Å². The van der Waals surface area contributed by atoms with Crippen molar-refractivity contribution < 1.29 is 24.2 Å². The lowest BCUT2D eigenvalue weighted by atomic mass is 9.78. The van der Waals surface area contributed by atoms with Crippen LogP contribution in [0.5, 0.6) is 0 Å². The number of nitrogens with one attached hydrogen (secondary N) is 2. The maximum Gasteiger partial charge on any atom is 0.300 e. The number of halogens is 1. The Kier molecular flexibility index (Phi) is 6.53. The van der Waals surface area contributed by atoms with Crippen LogP contribution in [-0.4, -0.2) is 41.3 Å². The fourth-order valence-corrected chi connectivity index (χ4v) is 4.07. The molecule has 4 N–H and O–H groups in total. The first-order valence-electron chi connectivity index (χ1n) is 10.0. The van der Waals surface area contributed by atoms with Gasteiger partial charge in [-0.1, -0.05) is 48.5 Å². The molecule has 1 aliphatic heterocycles. The van der Waals surface area contributed by atoms with Crippen LogP contribution in [0.2, 0.25) is 0 Å². The number of benzene rings is 2. The highest BCUT2D eigenvalue weighted by molar-refractivity contribution is 5.92. The summed E-state index contributed by atoms with van der Waals surface area (Å²) < 4.78 is 14.3. The first kappa shape index (κ1) is 21.9. The van der Waals surface area contributed by atoms with Gasteiger partial charge in [-0.2, -0.15) is 0 Å². The predicted molar refractivity (Wildman–Crippen MR) is 110 cm³/mol. The second-order valence-corrected chi connectivity index (χ2v) is 7.84. The number of carboxylic acids is 1. The third-order valence-corrected chi connectivity index (χ3v) is 5.80. The first-order valence-corrected chi connectivity index (χ1v) is 10.0. The summed E-state index contributed by atoms with van der Waals surface area (Å²) in [6, 6.07) is 16.1. The Morgan fingerprint density at radius 2 is 1.67 bits per heavy atom. The molecule has 2 fully saturated rings. The molecule has 30 heavy (non-hydrogen) atoms. The number of hydrogen-bond donors (Lipinski definition) is 4. The molecule has 1 aliphatic carbocycles. The van der Waals surface area contributed by atoms with Gasteiger partial charge < -0.3 is 20.8 Å². The highest BCUT2D eigenvalue weighted by atomic mass is 19.1. The minimum absolute atomic E-state index is 0.201. The van der Waals surface area contributed by atoms with Gasteiger partial charge in [-0.05, 0) is 37.4 Å². The van der Waals surface area contributed by atoms with Crippen molar-refractivity contribution in [3.8, 4) is 0 Å². The van der Waals surface area contributed by atoms with Gasteiger partial charge in [0.2, 0.25) is 5.91 Å². The van der Waals surface area contributed by atoms with Gasteiger partial charge in [0.15, 0.2) is 0 Å². The number of carbonyl (C=O) groups is 2. The van der Waals surface area contributed by atoms with Crippen LogP contribution >= 0.6 is 0 Å². The third-order valence-electron chi connectivity index (χ3n) is 5.80. The highest BCUT2D eigenvalue weighted by Crippen LogP contribution is 2.50. The van der Waals surface area contributed by atoms with Crippen molar-refractivity contribution in [1.29, 1.82) is 0 Å². The van der Waals surface area contributed by atoms with Crippen molar-refractivity contribution in [3.05, 3.63) is 71.5 Å². The predicted octanol–water partition coefficient (Wildman–Crippen LogP) is 2.31. The number of aliphatic hydroxyl groups is 1. The van der Waals surface area contributed by atoms with Gasteiger partial charge >= 0.3 is 0 Å². The fraction of sp³-hybridized carbons (Fsp3) is 0.391. The van der Waals surface area contributed by atoms with Gasteiger partial charge in [0.25, 0.3) is 5.97 Å². The number of β-amino-alcohol motifs (C(OH)–C–C–N with tert-alkyl or cyclic N) is 1. The molecule has 6 nitrogen and oxygen atoms in total. The number of amides is 1. The molecule has 1 amide bonds. The lowest BCUT2D eigenvalue weighted by Gasteiger charge is -2.43. The van der Waals surface area contributed by atoms with E-state index in [9.17, 15) is 14.3 Å². The number of carbonyl (C=O) groups excluding carboxylic acids is 1. The van der Waals surface area contributed by atoms with E-state index in [-0.39, 0.29) is 11.7 Å². The van der Waals surface area contributed by atoms with Crippen LogP contribution in [0.25, 0.3) is 0 Å². The molecular formula is C23H27FN2O4. The lowest BCUT2D eigenvalue weighted by Crippen LogP contribution is -2.62. The van der Waals surface area contributed by atoms with E-state index in [1.54, 1.807) is 18.2 Å². The van der Waals surface area contributed by atoms with Crippen molar-refractivity contribution in [2.24, 2.45) is 0 Å². The van der Waals surface area contributed by atoms with Crippen LogP contribution in [0, 0.1) is 5.82 Å². The van der Waals surface area contributed by atoms with E-state index >= 15 is 0 Å². The van der Waals surface area contributed by atoms with Crippen molar-refractivity contribution in [2.75, 3.05) is 13.1 Å². The molecule has 1 heterocycles. The molecule has 2 aliphatic rings. The normalized spacial score (nSPS) is 24.2. The highest BCUT2D eigenvalue weighted by Gasteiger charge is 2.55. The van der Waals surface area contributed by atoms with Crippen molar-refractivity contribution in [2.45, 2.75) is 43.2 Å². The van der Waals surface area contributed by atoms with Gasteiger partial charge in [0.1, 0.15) is 5.82 Å². The maximum absolute atomic E-state index is 14.3. The van der Waals surface area contributed by atoms with E-state index < -0.39 is 23.0 Å². The Morgan fingerprint density at radius 1 is 1.07 bits per heavy atom. The molecule has 2 aromatic carbocycles. The molecule has 4 rings (SSSR count). The number of aliphatic hydroxyl groups excluding tert-OH is 1. The summed E-state index contributed by atoms with van der Waals surface area (Å²) in [5, 5.41) is 24.5. The topological polar surface area (TPSA) is 98.7 Å². The number of piperidine rings is 1. The number of aliphatic carboxylic acids is 1.